The molecule has 1 aromatic rings. The molecule has 0 aliphatic carbocycles. The van der Waals surface area contributed by atoms with Crippen molar-refractivity contribution in [1.29, 1.82) is 0 Å². The summed E-state index contributed by atoms with van der Waals surface area (Å²) in [5, 5.41) is 3.20. The number of nitrogens with one attached hydrogen (secondary N) is 1. The lowest BCUT2D eigenvalue weighted by atomic mass is 10.2. The van der Waals surface area contributed by atoms with Gasteiger partial charge in [-0.15, -0.1) is 0 Å². The topological polar surface area (TPSA) is 24.5 Å². The normalized spacial score (nSPS) is 12.7. The molecule has 0 radical (unpaired) electrons. The maximum atomic E-state index is 5.66. The van der Waals surface area contributed by atoms with Crippen molar-refractivity contribution in [2.24, 2.45) is 5.92 Å². The minimum Gasteiger partial charge on any atom is -0.492 e. The van der Waals surface area contributed by atoms with Gasteiger partial charge < -0.3 is 15.0 Å². The SMILES string of the molecule is CNCC(C)CN(C)CCOc1ccccc1. The average Bonchev–Trinajstić information content (AvgIpc) is 2.30. The van der Waals surface area contributed by atoms with Crippen LogP contribution in [0.2, 0.25) is 0 Å². The zero-order chi connectivity index (χ0) is 12.5. The molecule has 1 aromatic carbocycles. The van der Waals surface area contributed by atoms with Crippen LogP contribution < -0.4 is 10.1 Å². The van der Waals surface area contributed by atoms with E-state index in [1.165, 1.54) is 0 Å². The molecule has 0 aromatic heterocycles. The van der Waals surface area contributed by atoms with Crippen LogP contribution >= 0.6 is 0 Å². The molecule has 1 rings (SSSR count). The summed E-state index contributed by atoms with van der Waals surface area (Å²) >= 11 is 0. The lowest BCUT2D eigenvalue weighted by Gasteiger charge is -2.21. The van der Waals surface area contributed by atoms with Crippen LogP contribution in [0.25, 0.3) is 0 Å². The molecule has 1 N–H and O–H groups in total. The van der Waals surface area contributed by atoms with Gasteiger partial charge >= 0.3 is 0 Å². The molecule has 1 atom stereocenters. The summed E-state index contributed by atoms with van der Waals surface area (Å²) < 4.78 is 5.66. The second kappa shape index (κ2) is 8.09. The molecule has 0 bridgehead atoms. The number of ether oxygens (including phenoxy) is 1. The number of rotatable bonds is 8. The Balaban J connectivity index is 2.14. The zero-order valence-electron chi connectivity index (χ0n) is 11.1. The van der Waals surface area contributed by atoms with E-state index < -0.39 is 0 Å². The second-order valence-corrected chi connectivity index (χ2v) is 4.59. The summed E-state index contributed by atoms with van der Waals surface area (Å²) in [5.41, 5.74) is 0. The number of benzene rings is 1. The Morgan fingerprint density at radius 2 is 2.00 bits per heavy atom. The fourth-order valence-corrected chi connectivity index (χ4v) is 1.87. The first-order valence-corrected chi connectivity index (χ1v) is 6.23. The Morgan fingerprint density at radius 1 is 1.29 bits per heavy atom. The van der Waals surface area contributed by atoms with Gasteiger partial charge in [0.15, 0.2) is 0 Å². The van der Waals surface area contributed by atoms with Crippen LogP contribution in [0.5, 0.6) is 5.75 Å². The highest BCUT2D eigenvalue weighted by Crippen LogP contribution is 2.07. The largest absolute Gasteiger partial charge is 0.492 e. The molecule has 0 saturated carbocycles. The standard InChI is InChI=1S/C14H24N2O/c1-13(11-15-2)12-16(3)9-10-17-14-7-5-4-6-8-14/h4-8,13,15H,9-12H2,1-3H3. The van der Waals surface area contributed by atoms with Crippen LogP contribution in [0.1, 0.15) is 6.92 Å². The number of nitrogens with zero attached hydrogens (tertiary/aromatic N) is 1. The van der Waals surface area contributed by atoms with Crippen LogP contribution in [-0.2, 0) is 0 Å². The third-order valence-electron chi connectivity index (χ3n) is 2.66. The van der Waals surface area contributed by atoms with Crippen LogP contribution in [0.3, 0.4) is 0 Å². The van der Waals surface area contributed by atoms with Gasteiger partial charge in [-0.05, 0) is 38.7 Å². The van der Waals surface area contributed by atoms with Crippen molar-refractivity contribution < 1.29 is 4.74 Å². The third kappa shape index (κ3) is 6.29. The molecule has 1 unspecified atom stereocenters. The van der Waals surface area contributed by atoms with Gasteiger partial charge in [0.2, 0.25) is 0 Å². The molecular weight excluding hydrogens is 212 g/mol. The Labute approximate surface area is 105 Å². The van der Waals surface area contributed by atoms with Gasteiger partial charge in [-0.25, -0.2) is 0 Å². The molecule has 0 aliphatic rings. The van der Waals surface area contributed by atoms with E-state index in [0.29, 0.717) is 5.92 Å². The van der Waals surface area contributed by atoms with Gasteiger partial charge in [0, 0.05) is 13.1 Å². The maximum Gasteiger partial charge on any atom is 0.119 e. The Hall–Kier alpha value is -1.06. The van der Waals surface area contributed by atoms with E-state index in [0.717, 1.165) is 32.0 Å². The Morgan fingerprint density at radius 3 is 2.65 bits per heavy atom. The quantitative estimate of drug-likeness (QED) is 0.745. The average molecular weight is 236 g/mol. The van der Waals surface area contributed by atoms with E-state index in [2.05, 4.69) is 24.2 Å². The number of hydrogen-bond donors (Lipinski definition) is 1. The fraction of sp³-hybridized carbons (Fsp3) is 0.571. The van der Waals surface area contributed by atoms with Crippen molar-refractivity contribution in [2.75, 3.05) is 40.3 Å². The molecule has 3 nitrogen and oxygen atoms in total. The van der Waals surface area contributed by atoms with E-state index in [1.54, 1.807) is 0 Å². The summed E-state index contributed by atoms with van der Waals surface area (Å²) in [6, 6.07) is 9.97. The predicted octanol–water partition coefficient (Wildman–Crippen LogP) is 1.85. The van der Waals surface area contributed by atoms with Crippen LogP contribution in [0, 0.1) is 5.92 Å². The van der Waals surface area contributed by atoms with Crippen LogP contribution in [0.15, 0.2) is 30.3 Å². The smallest absolute Gasteiger partial charge is 0.119 e. The molecule has 0 spiro atoms. The molecule has 3 heteroatoms. The highest BCUT2D eigenvalue weighted by atomic mass is 16.5. The van der Waals surface area contributed by atoms with Crippen molar-refractivity contribution in [3.8, 4) is 5.75 Å². The predicted molar refractivity (Wildman–Crippen MR) is 72.5 cm³/mol. The number of likely N-dealkylation sites (N-methyl/N-ethyl adjacent to an activating group) is 1. The highest BCUT2D eigenvalue weighted by Gasteiger charge is 2.05. The fourth-order valence-electron chi connectivity index (χ4n) is 1.87. The van der Waals surface area contributed by atoms with E-state index in [1.807, 2.05) is 37.4 Å². The summed E-state index contributed by atoms with van der Waals surface area (Å²) in [6.45, 7) is 6.11. The lowest BCUT2D eigenvalue weighted by molar-refractivity contribution is 0.218. The molecule has 0 fully saturated rings. The molecular formula is C14H24N2O. The van der Waals surface area contributed by atoms with E-state index in [-0.39, 0.29) is 0 Å². The van der Waals surface area contributed by atoms with Gasteiger partial charge in [0.1, 0.15) is 12.4 Å². The van der Waals surface area contributed by atoms with Gasteiger partial charge in [0.05, 0.1) is 0 Å². The summed E-state index contributed by atoms with van der Waals surface area (Å²) in [7, 11) is 4.13. The summed E-state index contributed by atoms with van der Waals surface area (Å²) in [6.07, 6.45) is 0. The first-order chi connectivity index (χ1) is 8.22. The van der Waals surface area contributed by atoms with E-state index in [4.69, 9.17) is 4.74 Å². The van der Waals surface area contributed by atoms with Crippen molar-refractivity contribution in [1.82, 2.24) is 10.2 Å². The van der Waals surface area contributed by atoms with Gasteiger partial charge in [-0.2, -0.15) is 0 Å². The molecule has 17 heavy (non-hydrogen) atoms. The maximum absolute atomic E-state index is 5.66. The summed E-state index contributed by atoms with van der Waals surface area (Å²) in [4.78, 5) is 2.31. The molecule has 0 saturated heterocycles. The van der Waals surface area contributed by atoms with Crippen LogP contribution in [-0.4, -0.2) is 45.2 Å². The lowest BCUT2D eigenvalue weighted by Crippen LogP contribution is -2.32. The monoisotopic (exact) mass is 236 g/mol. The number of hydrogen-bond acceptors (Lipinski definition) is 3. The summed E-state index contributed by atoms with van der Waals surface area (Å²) in [5.74, 6) is 1.62. The molecule has 96 valence electrons. The van der Waals surface area contributed by atoms with E-state index in [9.17, 15) is 0 Å². The Kier molecular flexibility index (Phi) is 6.67. The zero-order valence-corrected chi connectivity index (χ0v) is 11.1. The molecule has 0 amide bonds. The van der Waals surface area contributed by atoms with E-state index >= 15 is 0 Å². The minimum atomic E-state index is 0.668. The minimum absolute atomic E-state index is 0.668. The first kappa shape index (κ1) is 14.0. The molecule has 0 heterocycles. The molecule has 0 aliphatic heterocycles. The van der Waals surface area contributed by atoms with Crippen molar-refractivity contribution >= 4 is 0 Å². The van der Waals surface area contributed by atoms with Crippen molar-refractivity contribution in [2.45, 2.75) is 6.92 Å². The number of para-hydroxylation sites is 1. The first-order valence-electron chi connectivity index (χ1n) is 6.23. The van der Waals surface area contributed by atoms with Gasteiger partial charge in [0.25, 0.3) is 0 Å². The Bertz CT molecular complexity index is 290. The van der Waals surface area contributed by atoms with Gasteiger partial charge in [-0.1, -0.05) is 25.1 Å². The van der Waals surface area contributed by atoms with Crippen LogP contribution in [0.4, 0.5) is 0 Å². The van der Waals surface area contributed by atoms with Gasteiger partial charge in [-0.3, -0.25) is 0 Å². The van der Waals surface area contributed by atoms with Crippen molar-refractivity contribution in [3.05, 3.63) is 30.3 Å². The third-order valence-corrected chi connectivity index (χ3v) is 2.66. The second-order valence-electron chi connectivity index (χ2n) is 4.59. The highest BCUT2D eigenvalue weighted by molar-refractivity contribution is 5.20. The van der Waals surface area contributed by atoms with Crippen molar-refractivity contribution in [3.63, 3.8) is 0 Å².